The van der Waals surface area contributed by atoms with Gasteiger partial charge in [0.25, 0.3) is 0 Å². The minimum Gasteiger partial charge on any atom is -0.331 e. The quantitative estimate of drug-likeness (QED) is 0.492. The van der Waals surface area contributed by atoms with Gasteiger partial charge in [0.15, 0.2) is 11.5 Å². The number of rotatable bonds is 3. The topological polar surface area (TPSA) is 86.7 Å². The summed E-state index contributed by atoms with van der Waals surface area (Å²) in [6.45, 7) is 3.93. The summed E-state index contributed by atoms with van der Waals surface area (Å²) >= 11 is 0. The Hall–Kier alpha value is -3.42. The normalized spacial score (nSPS) is 11.8. The number of hydrogen-bond acceptors (Lipinski definition) is 6. The highest BCUT2D eigenvalue weighted by Gasteiger charge is 2.14. The van der Waals surface area contributed by atoms with Crippen molar-refractivity contribution in [2.45, 2.75) is 26.7 Å². The van der Waals surface area contributed by atoms with Crippen LogP contribution in [0.25, 0.3) is 27.7 Å². The van der Waals surface area contributed by atoms with Crippen LogP contribution in [0.3, 0.4) is 0 Å². The molecule has 8 nitrogen and oxygen atoms in total. The van der Waals surface area contributed by atoms with Crippen LogP contribution in [0.2, 0.25) is 0 Å². The number of fused-ring (bicyclic) bond motifs is 4. The van der Waals surface area contributed by atoms with Crippen LogP contribution in [0.15, 0.2) is 30.7 Å². The minimum absolute atomic E-state index is 0.710. The van der Waals surface area contributed by atoms with E-state index in [2.05, 4.69) is 29.6 Å². The van der Waals surface area contributed by atoms with Crippen LogP contribution in [0.1, 0.15) is 23.0 Å². The molecule has 0 spiro atoms. The van der Waals surface area contributed by atoms with Crippen molar-refractivity contribution < 1.29 is 0 Å². The molecule has 8 heteroatoms. The van der Waals surface area contributed by atoms with Gasteiger partial charge in [-0.25, -0.2) is 14.5 Å². The second kappa shape index (κ2) is 5.80. The molecule has 0 fully saturated rings. The lowest BCUT2D eigenvalue weighted by atomic mass is 10.2. The third-order valence-electron chi connectivity index (χ3n) is 4.91. The SMILES string of the molecule is Cc1ncc(C)n2nc(CCc3nc4c5nccnc5ccc4n3C)nc12. The van der Waals surface area contributed by atoms with E-state index in [-0.39, 0.29) is 0 Å². The summed E-state index contributed by atoms with van der Waals surface area (Å²) in [7, 11) is 2.03. The molecule has 0 aliphatic heterocycles. The van der Waals surface area contributed by atoms with Gasteiger partial charge in [-0.15, -0.1) is 0 Å². The van der Waals surface area contributed by atoms with E-state index in [1.54, 1.807) is 12.4 Å². The summed E-state index contributed by atoms with van der Waals surface area (Å²) in [5.74, 6) is 1.78. The maximum Gasteiger partial charge on any atom is 0.177 e. The molecule has 5 aromatic rings. The zero-order valence-corrected chi connectivity index (χ0v) is 15.4. The van der Waals surface area contributed by atoms with Crippen molar-refractivity contribution >= 4 is 27.7 Å². The molecule has 0 amide bonds. The lowest BCUT2D eigenvalue weighted by Crippen LogP contribution is -2.02. The molecule has 134 valence electrons. The molecule has 0 unspecified atom stereocenters. The summed E-state index contributed by atoms with van der Waals surface area (Å²) < 4.78 is 3.97. The first-order valence-electron chi connectivity index (χ1n) is 8.84. The van der Waals surface area contributed by atoms with Crippen LogP contribution >= 0.6 is 0 Å². The molecule has 4 heterocycles. The number of hydrogen-bond donors (Lipinski definition) is 0. The van der Waals surface area contributed by atoms with Gasteiger partial charge in [-0.05, 0) is 26.0 Å². The monoisotopic (exact) mass is 358 g/mol. The molecule has 0 aliphatic rings. The lowest BCUT2D eigenvalue weighted by Gasteiger charge is -2.00. The van der Waals surface area contributed by atoms with Crippen LogP contribution in [0, 0.1) is 13.8 Å². The third-order valence-corrected chi connectivity index (χ3v) is 4.91. The van der Waals surface area contributed by atoms with Gasteiger partial charge in [0, 0.05) is 38.5 Å². The van der Waals surface area contributed by atoms with E-state index in [9.17, 15) is 0 Å². The fourth-order valence-electron chi connectivity index (χ4n) is 3.43. The van der Waals surface area contributed by atoms with Gasteiger partial charge < -0.3 is 4.57 Å². The van der Waals surface area contributed by atoms with Crippen molar-refractivity contribution in [3.05, 3.63) is 53.8 Å². The van der Waals surface area contributed by atoms with Gasteiger partial charge in [0.1, 0.15) is 16.9 Å². The summed E-state index contributed by atoms with van der Waals surface area (Å²) in [6.07, 6.45) is 6.68. The third kappa shape index (κ3) is 2.44. The Morgan fingerprint density at radius 1 is 0.926 bits per heavy atom. The molecule has 4 aromatic heterocycles. The van der Waals surface area contributed by atoms with E-state index >= 15 is 0 Å². The average molecular weight is 358 g/mol. The van der Waals surface area contributed by atoms with Gasteiger partial charge in [-0.3, -0.25) is 15.0 Å². The van der Waals surface area contributed by atoms with Crippen molar-refractivity contribution in [1.82, 2.24) is 39.1 Å². The molecule has 1 aromatic carbocycles. The summed E-state index contributed by atoms with van der Waals surface area (Å²) in [4.78, 5) is 22.7. The van der Waals surface area contributed by atoms with Gasteiger partial charge in [-0.2, -0.15) is 5.10 Å². The fraction of sp³-hybridized carbons (Fsp3) is 0.263. The molecule has 0 N–H and O–H groups in total. The van der Waals surface area contributed by atoms with Crippen LogP contribution < -0.4 is 0 Å². The standard InChI is InChI=1S/C19H18N8/c1-11-10-22-12(2)19-23-15(25-27(11)19)6-7-16-24-18-14(26(16)3)5-4-13-17(18)21-9-8-20-13/h4-5,8-10H,6-7H2,1-3H3. The van der Waals surface area contributed by atoms with Crippen LogP contribution in [-0.4, -0.2) is 39.1 Å². The predicted molar refractivity (Wildman–Crippen MR) is 101 cm³/mol. The van der Waals surface area contributed by atoms with Gasteiger partial charge in [0.2, 0.25) is 0 Å². The van der Waals surface area contributed by atoms with Gasteiger partial charge in [0.05, 0.1) is 22.4 Å². The van der Waals surface area contributed by atoms with Crippen molar-refractivity contribution in [2.75, 3.05) is 0 Å². The maximum atomic E-state index is 4.83. The van der Waals surface area contributed by atoms with E-state index in [0.717, 1.165) is 57.2 Å². The Morgan fingerprint density at radius 3 is 2.63 bits per heavy atom. The van der Waals surface area contributed by atoms with E-state index < -0.39 is 0 Å². The smallest absolute Gasteiger partial charge is 0.177 e. The second-order valence-electron chi connectivity index (χ2n) is 6.69. The average Bonchev–Trinajstić information content (AvgIpc) is 3.26. The molecule has 0 radical (unpaired) electrons. The zero-order valence-electron chi connectivity index (χ0n) is 15.4. The first-order chi connectivity index (χ1) is 13.1. The Kier molecular flexibility index (Phi) is 3.40. The molecule has 0 saturated carbocycles. The second-order valence-corrected chi connectivity index (χ2v) is 6.69. The van der Waals surface area contributed by atoms with Crippen LogP contribution in [0.4, 0.5) is 0 Å². The first-order valence-corrected chi connectivity index (χ1v) is 8.84. The maximum absolute atomic E-state index is 4.83. The first kappa shape index (κ1) is 15.8. The molecular weight excluding hydrogens is 340 g/mol. The number of aromatic nitrogens is 8. The molecule has 0 saturated heterocycles. The summed E-state index contributed by atoms with van der Waals surface area (Å²) in [6, 6.07) is 4.03. The largest absolute Gasteiger partial charge is 0.331 e. The molecule has 0 aliphatic carbocycles. The molecule has 0 bridgehead atoms. The van der Waals surface area contributed by atoms with Crippen molar-refractivity contribution in [2.24, 2.45) is 7.05 Å². The number of nitrogens with zero attached hydrogens (tertiary/aromatic N) is 8. The van der Waals surface area contributed by atoms with Crippen LogP contribution in [0.5, 0.6) is 0 Å². The zero-order chi connectivity index (χ0) is 18.5. The van der Waals surface area contributed by atoms with E-state index in [1.165, 1.54) is 0 Å². The molecule has 27 heavy (non-hydrogen) atoms. The van der Waals surface area contributed by atoms with Crippen molar-refractivity contribution in [1.29, 1.82) is 0 Å². The highest BCUT2D eigenvalue weighted by molar-refractivity contribution is 6.00. The summed E-state index contributed by atoms with van der Waals surface area (Å²) in [5, 5.41) is 4.63. The Bertz CT molecular complexity index is 1280. The Balaban J connectivity index is 1.52. The predicted octanol–water partition coefficient (Wildman–Crippen LogP) is 2.36. The number of imidazole rings is 1. The Morgan fingerprint density at radius 2 is 1.78 bits per heavy atom. The highest BCUT2D eigenvalue weighted by Crippen LogP contribution is 2.23. The number of benzene rings is 1. The minimum atomic E-state index is 0.710. The van der Waals surface area contributed by atoms with Crippen LogP contribution in [-0.2, 0) is 19.9 Å². The highest BCUT2D eigenvalue weighted by atomic mass is 15.3. The van der Waals surface area contributed by atoms with E-state index in [4.69, 9.17) is 4.98 Å². The lowest BCUT2D eigenvalue weighted by molar-refractivity contribution is 0.752. The molecule has 5 rings (SSSR count). The van der Waals surface area contributed by atoms with Crippen molar-refractivity contribution in [3.8, 4) is 0 Å². The Labute approximate surface area is 155 Å². The van der Waals surface area contributed by atoms with E-state index in [0.29, 0.717) is 6.42 Å². The van der Waals surface area contributed by atoms with E-state index in [1.807, 2.05) is 43.7 Å². The molecule has 0 atom stereocenters. The van der Waals surface area contributed by atoms with Gasteiger partial charge >= 0.3 is 0 Å². The fourth-order valence-corrected chi connectivity index (χ4v) is 3.43. The van der Waals surface area contributed by atoms with Gasteiger partial charge in [-0.1, -0.05) is 0 Å². The molecular formula is C19H18N8. The number of aryl methyl sites for hydroxylation is 5. The van der Waals surface area contributed by atoms with Crippen molar-refractivity contribution in [3.63, 3.8) is 0 Å². The summed E-state index contributed by atoms with van der Waals surface area (Å²) in [5.41, 5.74) is 6.30.